The predicted octanol–water partition coefficient (Wildman–Crippen LogP) is 4.99. The summed E-state index contributed by atoms with van der Waals surface area (Å²) in [7, 11) is -21.9. The molecule has 2 heterocycles. The van der Waals surface area contributed by atoms with Crippen molar-refractivity contribution in [1.29, 1.82) is 0 Å². The molecule has 602 valence electrons. The normalized spacial score (nSPS) is 16.2. The topological polar surface area (TPSA) is 543 Å². The monoisotopic (exact) mass is 1610 g/mol. The summed E-state index contributed by atoms with van der Waals surface area (Å²) in [6.07, 6.45) is -7.09. The third-order valence-electron chi connectivity index (χ3n) is 14.3. The summed E-state index contributed by atoms with van der Waals surface area (Å²) >= 11 is 0. The van der Waals surface area contributed by atoms with Crippen molar-refractivity contribution in [2.75, 3.05) is 73.9 Å². The number of nitrogens with zero attached hydrogens (tertiary/aromatic N) is 1. The Bertz CT molecular complexity index is 4030. The van der Waals surface area contributed by atoms with E-state index in [-0.39, 0.29) is 106 Å². The van der Waals surface area contributed by atoms with Gasteiger partial charge in [0.15, 0.2) is 6.23 Å². The van der Waals surface area contributed by atoms with Crippen LogP contribution in [0, 0.1) is 0 Å². The molecule has 1 aromatic heterocycles. The van der Waals surface area contributed by atoms with E-state index in [0.29, 0.717) is 44.9 Å². The molecular weight excluding hydrogens is 1510 g/mol. The molecule has 5 aromatic rings. The van der Waals surface area contributed by atoms with E-state index in [1.807, 2.05) is 4.98 Å². The predicted molar refractivity (Wildman–Crippen MR) is 391 cm³/mol. The molecule has 41 heteroatoms. The Morgan fingerprint density at radius 2 is 0.888 bits per heavy atom. The van der Waals surface area contributed by atoms with Gasteiger partial charge in [0.2, 0.25) is 23.6 Å². The van der Waals surface area contributed by atoms with E-state index in [1.165, 1.54) is 84.6 Å². The molecule has 0 saturated carbocycles. The molecule has 0 aliphatic carbocycles. The lowest BCUT2D eigenvalue weighted by atomic mass is 10.1. The van der Waals surface area contributed by atoms with Gasteiger partial charge in [0.05, 0.1) is 84.8 Å². The summed E-state index contributed by atoms with van der Waals surface area (Å²) in [6.45, 7) is 23.3. The highest BCUT2D eigenvalue weighted by Crippen LogP contribution is 2.58. The van der Waals surface area contributed by atoms with Gasteiger partial charge in [-0.15, -0.1) is 0 Å². The number of aliphatic hydroxyl groups is 5. The highest BCUT2D eigenvalue weighted by molar-refractivity contribution is 7.62. The number of hydrogen-bond donors (Lipinski definition) is 12. The molecule has 0 spiro atoms. The maximum absolute atomic E-state index is 12.8. The SMILES string of the molecule is C.CC(=O)Nc1ccc(CO)cc1CP(=O)([O-])O.CC(=O)Nc1ccc(CO)cc1CP(=O)([O-])OP(=O)([O-])OC[C@H]1O[C@@H](n2ccc(=O)[nH]c2=O)C(O)[C@H]1O.CCOP(=O)(Cc1cc(CO)ccc1NC(C)=O)OCC.CCOP(=O)(Cc1cc(COC(C)=O)ccc1NC(C)=O)OCC.CC[NH+](CC)CC. The summed E-state index contributed by atoms with van der Waals surface area (Å²) in [5.74, 6) is -1.74. The van der Waals surface area contributed by atoms with Gasteiger partial charge in [-0.3, -0.25) is 56.3 Å². The molecule has 12 N–H and O–H groups in total. The number of H-pyrrole nitrogens is 1. The fourth-order valence-electron chi connectivity index (χ4n) is 9.66. The molecule has 7 atom stereocenters. The van der Waals surface area contributed by atoms with Crippen LogP contribution in [0.25, 0.3) is 0 Å². The average molecular weight is 1610 g/mol. The van der Waals surface area contributed by atoms with E-state index < -0.39 is 111 Å². The third-order valence-corrected chi connectivity index (χ3v) is 22.1. The molecule has 1 fully saturated rings. The number of quaternary nitrogens is 1. The first-order valence-electron chi connectivity index (χ1n) is 33.1. The van der Waals surface area contributed by atoms with Crippen LogP contribution in [0.2, 0.25) is 0 Å². The Morgan fingerprint density at radius 1 is 0.533 bits per heavy atom. The lowest BCUT2D eigenvalue weighted by Gasteiger charge is -2.32. The molecule has 4 unspecified atom stereocenters. The lowest BCUT2D eigenvalue weighted by molar-refractivity contribution is -0.894. The van der Waals surface area contributed by atoms with E-state index >= 15 is 0 Å². The van der Waals surface area contributed by atoms with Crippen LogP contribution in [0.5, 0.6) is 0 Å². The lowest BCUT2D eigenvalue weighted by Crippen LogP contribution is -3.11. The Balaban J connectivity index is 0.000000717. The maximum atomic E-state index is 12.8. The van der Waals surface area contributed by atoms with Gasteiger partial charge >= 0.3 is 26.9 Å². The number of esters is 1. The number of aromatic nitrogens is 2. The van der Waals surface area contributed by atoms with E-state index in [9.17, 15) is 91.5 Å². The highest BCUT2D eigenvalue weighted by atomic mass is 31.3. The third kappa shape index (κ3) is 37.1. The second-order valence-corrected chi connectivity index (χ2v) is 32.0. The fraction of sp³-hybridized carbons (Fsp3) is 0.500. The largest absolute Gasteiger partial charge is 0.778 e. The minimum Gasteiger partial charge on any atom is -0.778 e. The molecular formula is C66H102N7O29P5-2. The average Bonchev–Trinajstić information content (AvgIpc) is 1.76. The van der Waals surface area contributed by atoms with Crippen LogP contribution in [0.4, 0.5) is 22.7 Å². The smallest absolute Gasteiger partial charge is 0.335 e. The van der Waals surface area contributed by atoms with Gasteiger partial charge in [0, 0.05) is 82.0 Å². The Hall–Kier alpha value is -6.62. The van der Waals surface area contributed by atoms with Gasteiger partial charge in [-0.1, -0.05) is 49.9 Å². The molecule has 4 aromatic carbocycles. The van der Waals surface area contributed by atoms with Crippen molar-refractivity contribution in [3.63, 3.8) is 0 Å². The quantitative estimate of drug-likeness (QED) is 0.0191. The molecule has 0 bridgehead atoms. The number of nitrogens with one attached hydrogen (secondary N) is 6. The van der Waals surface area contributed by atoms with Crippen molar-refractivity contribution < 1.29 is 133 Å². The zero-order valence-corrected chi connectivity index (χ0v) is 65.4. The zero-order chi connectivity index (χ0) is 80.3. The summed E-state index contributed by atoms with van der Waals surface area (Å²) in [6, 6.07) is 19.6. The first-order chi connectivity index (χ1) is 49.6. The van der Waals surface area contributed by atoms with Crippen molar-refractivity contribution >= 4 is 90.6 Å². The van der Waals surface area contributed by atoms with Crippen molar-refractivity contribution in [2.24, 2.45) is 0 Å². The van der Waals surface area contributed by atoms with Crippen LogP contribution in [0.15, 0.2) is 94.6 Å². The Kier molecular flexibility index (Phi) is 44.2. The fourth-order valence-corrected chi connectivity index (χ4v) is 16.4. The van der Waals surface area contributed by atoms with E-state index in [2.05, 4.69) is 50.9 Å². The van der Waals surface area contributed by atoms with Gasteiger partial charge in [-0.2, -0.15) is 0 Å². The number of ether oxygens (including phenoxy) is 2. The van der Waals surface area contributed by atoms with Gasteiger partial charge < -0.3 is 112 Å². The molecule has 1 saturated heterocycles. The van der Waals surface area contributed by atoms with Crippen LogP contribution in [0.3, 0.4) is 0 Å². The Labute approximate surface area is 621 Å². The summed E-state index contributed by atoms with van der Waals surface area (Å²) in [4.78, 5) is 127. The number of aliphatic hydroxyl groups excluding tert-OH is 5. The first kappa shape index (κ1) is 98.4. The van der Waals surface area contributed by atoms with Gasteiger partial charge in [-0.25, -0.2) is 4.79 Å². The van der Waals surface area contributed by atoms with Crippen LogP contribution in [0.1, 0.15) is 141 Å². The van der Waals surface area contributed by atoms with Crippen LogP contribution in [-0.2, 0) is 134 Å². The number of benzene rings is 4. The standard InChI is InChI=1S/C19H25N3O13P2.C16H24NO6P.C14H22NO5P.C10H14NO5P.C6H15N.CH4/c1-10(24)20-13-3-2-11(7-23)6-12(13)9-36(29,30)35-37(31,32)33-8-14-16(26)17(27)18(34-14)22-5-4-15(25)21-19(22)28;1-5-22-24(20,23-6-2)11-15-9-14(10-21-13(4)19)7-8-16(15)17-12(3)18;1-4-19-21(18,20-5-2)10-13-8-12(9-16)6-7-14(13)15-11(3)17;1-7(13)11-10-3-2-8(5-12)4-9(10)6-17(14,15)16;1-4-7(5-2)6-3;/h2-6,14,16-18,23,26-27H,7-9H2,1H3,(H,20,24)(H,29,30)(H,31,32)(H,21,25,28);7-9H,5-6,10-11H2,1-4H3,(H,17,18);6-8,16H,4-5,9-10H2,1-3H3,(H,15,17);2-4,12H,5-6H2,1H3,(H,11,13)(H2,14,15,16);4-6H2,1-3H3;1H4/p-2/t14-,16+,17?,18-;;;;;/m1...../s1. The highest BCUT2D eigenvalue weighted by Gasteiger charge is 2.45. The van der Waals surface area contributed by atoms with Gasteiger partial charge in [0.1, 0.15) is 40.1 Å². The second-order valence-electron chi connectivity index (χ2n) is 22.9. The zero-order valence-electron chi connectivity index (χ0n) is 61.0. The summed E-state index contributed by atoms with van der Waals surface area (Å²) in [5.41, 5.74) is 3.27. The number of carbonyl (C=O) groups excluding carboxylic acids is 5. The van der Waals surface area contributed by atoms with Crippen LogP contribution >= 0.6 is 38.2 Å². The van der Waals surface area contributed by atoms with Crippen molar-refractivity contribution in [3.8, 4) is 0 Å². The molecule has 1 aliphatic rings. The van der Waals surface area contributed by atoms with Gasteiger partial charge in [0.25, 0.3) is 13.4 Å². The number of phosphoric acid groups is 1. The van der Waals surface area contributed by atoms with E-state index in [1.54, 1.807) is 75.1 Å². The van der Waals surface area contributed by atoms with Crippen molar-refractivity contribution in [2.45, 2.75) is 166 Å². The second kappa shape index (κ2) is 48.1. The summed E-state index contributed by atoms with van der Waals surface area (Å²) in [5, 5.41) is 58.0. The number of phosphoric ester groups is 1. The van der Waals surface area contributed by atoms with E-state index in [0.717, 1.165) is 16.8 Å². The molecule has 0 radical (unpaired) electrons. The molecule has 1 aliphatic heterocycles. The summed E-state index contributed by atoms with van der Waals surface area (Å²) < 4.78 is 102. The van der Waals surface area contributed by atoms with Crippen molar-refractivity contribution in [1.82, 2.24) is 9.55 Å². The molecule has 107 heavy (non-hydrogen) atoms. The number of rotatable bonds is 34. The van der Waals surface area contributed by atoms with Gasteiger partial charge in [-0.05, 0) is 123 Å². The first-order valence-corrected chi connectivity index (χ1v) is 41.5. The van der Waals surface area contributed by atoms with E-state index in [4.69, 9.17) is 37.6 Å². The minimum absolute atomic E-state index is 0. The molecule has 4 amide bonds. The maximum Gasteiger partial charge on any atom is 0.335 e. The number of anilines is 4. The molecule has 36 nitrogen and oxygen atoms in total. The number of amides is 4. The number of carbonyl (C=O) groups is 5. The van der Waals surface area contributed by atoms with Crippen LogP contribution in [-0.4, -0.2) is 141 Å². The minimum atomic E-state index is -5.57. The van der Waals surface area contributed by atoms with Crippen molar-refractivity contribution in [3.05, 3.63) is 150 Å². The number of hydrogen-bond acceptors (Lipinski definition) is 28. The Morgan fingerprint density at radius 3 is 1.21 bits per heavy atom. The van der Waals surface area contributed by atoms with Crippen LogP contribution < -0.4 is 52.1 Å². The number of aromatic amines is 1. The molecule has 6 rings (SSSR count).